The van der Waals surface area contributed by atoms with Crippen molar-refractivity contribution in [2.75, 3.05) is 6.54 Å². The fourth-order valence-corrected chi connectivity index (χ4v) is 3.63. The minimum absolute atomic E-state index is 0.0513. The molecule has 0 aliphatic rings. The Kier molecular flexibility index (Phi) is 7.74. The SMILES string of the molecule is CC(C)CCn1c(S[C@@H](C)C(=O)NCC(C)C)nc2cc(Cl)ccc2c1=O. The maximum Gasteiger partial charge on any atom is 0.262 e. The van der Waals surface area contributed by atoms with Crippen molar-refractivity contribution in [1.29, 1.82) is 0 Å². The van der Waals surface area contributed by atoms with Crippen LogP contribution in [0, 0.1) is 11.8 Å². The van der Waals surface area contributed by atoms with E-state index in [9.17, 15) is 9.59 Å². The first-order chi connectivity index (χ1) is 12.7. The van der Waals surface area contributed by atoms with E-state index in [1.165, 1.54) is 11.8 Å². The van der Waals surface area contributed by atoms with Gasteiger partial charge in [-0.1, -0.05) is 51.1 Å². The first kappa shape index (κ1) is 21.8. The number of thioether (sulfide) groups is 1. The number of nitrogens with zero attached hydrogens (tertiary/aromatic N) is 2. The number of hydrogen-bond acceptors (Lipinski definition) is 4. The van der Waals surface area contributed by atoms with Crippen molar-refractivity contribution in [2.24, 2.45) is 11.8 Å². The maximum absolute atomic E-state index is 13.0. The number of hydrogen-bond donors (Lipinski definition) is 1. The molecule has 0 aliphatic carbocycles. The summed E-state index contributed by atoms with van der Waals surface area (Å²) in [5.74, 6) is 0.795. The number of benzene rings is 1. The van der Waals surface area contributed by atoms with E-state index in [1.807, 2.05) is 6.92 Å². The van der Waals surface area contributed by atoms with Crippen LogP contribution < -0.4 is 10.9 Å². The van der Waals surface area contributed by atoms with Crippen LogP contribution in [0.5, 0.6) is 0 Å². The molecule has 1 aromatic carbocycles. The molecule has 1 heterocycles. The van der Waals surface area contributed by atoms with E-state index >= 15 is 0 Å². The lowest BCUT2D eigenvalue weighted by molar-refractivity contribution is -0.120. The summed E-state index contributed by atoms with van der Waals surface area (Å²) in [6.07, 6.45) is 0.863. The van der Waals surface area contributed by atoms with E-state index in [2.05, 4.69) is 38.0 Å². The molecule has 0 fully saturated rings. The topological polar surface area (TPSA) is 64.0 Å². The van der Waals surface area contributed by atoms with Crippen LogP contribution in [-0.4, -0.2) is 27.3 Å². The largest absolute Gasteiger partial charge is 0.355 e. The zero-order valence-electron chi connectivity index (χ0n) is 16.6. The van der Waals surface area contributed by atoms with Crippen molar-refractivity contribution < 1.29 is 4.79 Å². The zero-order chi connectivity index (χ0) is 20.1. The molecule has 1 amide bonds. The molecule has 2 rings (SSSR count). The Labute approximate surface area is 169 Å². The van der Waals surface area contributed by atoms with E-state index in [0.29, 0.717) is 46.0 Å². The Bertz CT molecular complexity index is 864. The van der Waals surface area contributed by atoms with Crippen LogP contribution in [0.1, 0.15) is 41.0 Å². The number of nitrogens with one attached hydrogen (secondary N) is 1. The third kappa shape index (κ3) is 5.98. The van der Waals surface area contributed by atoms with Gasteiger partial charge in [0.1, 0.15) is 0 Å². The monoisotopic (exact) mass is 409 g/mol. The molecule has 0 aliphatic heterocycles. The van der Waals surface area contributed by atoms with Crippen LogP contribution >= 0.6 is 23.4 Å². The predicted molar refractivity (Wildman–Crippen MR) is 114 cm³/mol. The van der Waals surface area contributed by atoms with E-state index in [1.54, 1.807) is 22.8 Å². The van der Waals surface area contributed by atoms with Gasteiger partial charge in [-0.2, -0.15) is 0 Å². The van der Waals surface area contributed by atoms with Gasteiger partial charge in [-0.3, -0.25) is 14.2 Å². The van der Waals surface area contributed by atoms with E-state index < -0.39 is 0 Å². The van der Waals surface area contributed by atoms with Gasteiger partial charge in [0.2, 0.25) is 5.91 Å². The second kappa shape index (κ2) is 9.60. The van der Waals surface area contributed by atoms with Crippen molar-refractivity contribution >= 4 is 40.2 Å². The van der Waals surface area contributed by atoms with Crippen LogP contribution in [0.3, 0.4) is 0 Å². The Balaban J connectivity index is 2.38. The number of carbonyl (C=O) groups is 1. The molecule has 0 bridgehead atoms. The first-order valence-electron chi connectivity index (χ1n) is 9.33. The van der Waals surface area contributed by atoms with E-state index in [4.69, 9.17) is 11.6 Å². The van der Waals surface area contributed by atoms with Gasteiger partial charge < -0.3 is 5.32 Å². The molecule has 27 heavy (non-hydrogen) atoms. The number of carbonyl (C=O) groups excluding carboxylic acids is 1. The summed E-state index contributed by atoms with van der Waals surface area (Å²) in [5.41, 5.74) is 0.472. The summed E-state index contributed by atoms with van der Waals surface area (Å²) in [6, 6.07) is 5.11. The fraction of sp³-hybridized carbons (Fsp3) is 0.550. The normalized spacial score (nSPS) is 12.7. The lowest BCUT2D eigenvalue weighted by atomic mass is 10.1. The van der Waals surface area contributed by atoms with Gasteiger partial charge in [-0.25, -0.2) is 4.98 Å². The number of fused-ring (bicyclic) bond motifs is 1. The molecule has 0 spiro atoms. The Morgan fingerprint density at radius 2 is 1.93 bits per heavy atom. The quantitative estimate of drug-likeness (QED) is 0.520. The Morgan fingerprint density at radius 3 is 2.56 bits per heavy atom. The molecule has 2 aromatic rings. The summed E-state index contributed by atoms with van der Waals surface area (Å²) >= 11 is 7.39. The molecule has 1 atom stereocenters. The molecular formula is C20H28ClN3O2S. The van der Waals surface area contributed by atoms with Gasteiger partial charge in [0, 0.05) is 18.1 Å². The zero-order valence-corrected chi connectivity index (χ0v) is 18.2. The summed E-state index contributed by atoms with van der Waals surface area (Å²) < 4.78 is 1.69. The highest BCUT2D eigenvalue weighted by Crippen LogP contribution is 2.24. The molecule has 148 valence electrons. The summed E-state index contributed by atoms with van der Waals surface area (Å²) in [5, 5.41) is 4.23. The van der Waals surface area contributed by atoms with Crippen LogP contribution in [-0.2, 0) is 11.3 Å². The number of amides is 1. The van der Waals surface area contributed by atoms with Gasteiger partial charge >= 0.3 is 0 Å². The highest BCUT2D eigenvalue weighted by molar-refractivity contribution is 8.00. The van der Waals surface area contributed by atoms with Crippen molar-refractivity contribution in [1.82, 2.24) is 14.9 Å². The predicted octanol–water partition coefficient (Wildman–Crippen LogP) is 4.35. The number of halogens is 1. The molecule has 0 radical (unpaired) electrons. The van der Waals surface area contributed by atoms with Crippen molar-refractivity contribution in [3.63, 3.8) is 0 Å². The van der Waals surface area contributed by atoms with E-state index in [-0.39, 0.29) is 16.7 Å². The molecule has 1 aromatic heterocycles. The first-order valence-corrected chi connectivity index (χ1v) is 10.6. The highest BCUT2D eigenvalue weighted by Gasteiger charge is 2.19. The second-order valence-electron chi connectivity index (χ2n) is 7.59. The van der Waals surface area contributed by atoms with Gasteiger partial charge in [0.25, 0.3) is 5.56 Å². The lowest BCUT2D eigenvalue weighted by Crippen LogP contribution is -2.34. The Hall–Kier alpha value is -1.53. The average molecular weight is 410 g/mol. The van der Waals surface area contributed by atoms with Gasteiger partial charge in [-0.15, -0.1) is 0 Å². The van der Waals surface area contributed by atoms with Gasteiger partial charge in [0.15, 0.2) is 5.16 Å². The Morgan fingerprint density at radius 1 is 1.22 bits per heavy atom. The highest BCUT2D eigenvalue weighted by atomic mass is 35.5. The number of aromatic nitrogens is 2. The third-order valence-electron chi connectivity index (χ3n) is 4.15. The van der Waals surface area contributed by atoms with Crippen molar-refractivity contribution in [2.45, 2.75) is 58.0 Å². The van der Waals surface area contributed by atoms with Crippen LogP contribution in [0.25, 0.3) is 10.9 Å². The molecule has 5 nitrogen and oxygen atoms in total. The second-order valence-corrected chi connectivity index (χ2v) is 9.34. The number of rotatable bonds is 8. The smallest absolute Gasteiger partial charge is 0.262 e. The fourth-order valence-electron chi connectivity index (χ4n) is 2.51. The molecule has 0 saturated carbocycles. The molecule has 1 N–H and O–H groups in total. The molecule has 0 saturated heterocycles. The third-order valence-corrected chi connectivity index (χ3v) is 5.47. The van der Waals surface area contributed by atoms with E-state index in [0.717, 1.165) is 6.42 Å². The van der Waals surface area contributed by atoms with Crippen LogP contribution in [0.4, 0.5) is 0 Å². The molecular weight excluding hydrogens is 382 g/mol. The summed E-state index contributed by atoms with van der Waals surface area (Å²) in [6.45, 7) is 11.4. The van der Waals surface area contributed by atoms with Crippen molar-refractivity contribution in [3.05, 3.63) is 33.6 Å². The van der Waals surface area contributed by atoms with Gasteiger partial charge in [0.05, 0.1) is 16.2 Å². The molecule has 0 unspecified atom stereocenters. The minimum Gasteiger partial charge on any atom is -0.355 e. The lowest BCUT2D eigenvalue weighted by Gasteiger charge is -2.17. The van der Waals surface area contributed by atoms with Gasteiger partial charge in [-0.05, 0) is 43.4 Å². The van der Waals surface area contributed by atoms with Crippen molar-refractivity contribution in [3.8, 4) is 0 Å². The minimum atomic E-state index is -0.349. The maximum atomic E-state index is 13.0. The van der Waals surface area contributed by atoms with Crippen LogP contribution in [0.15, 0.2) is 28.2 Å². The summed E-state index contributed by atoms with van der Waals surface area (Å²) in [7, 11) is 0. The summed E-state index contributed by atoms with van der Waals surface area (Å²) in [4.78, 5) is 30.0. The standard InChI is InChI=1S/C20H28ClN3O2S/c1-12(2)8-9-24-19(26)16-7-6-15(21)10-17(16)23-20(24)27-14(5)18(25)22-11-13(3)4/h6-7,10,12-14H,8-9,11H2,1-5H3,(H,22,25)/t14-/m0/s1. The molecule has 7 heteroatoms. The average Bonchev–Trinajstić information content (AvgIpc) is 2.58. The van der Waals surface area contributed by atoms with Crippen LogP contribution in [0.2, 0.25) is 5.02 Å².